The second kappa shape index (κ2) is 8.78. The summed E-state index contributed by atoms with van der Waals surface area (Å²) in [6.07, 6.45) is 1.64. The lowest BCUT2D eigenvalue weighted by molar-refractivity contribution is -0.123. The molecule has 6 heteroatoms. The van der Waals surface area contributed by atoms with Crippen molar-refractivity contribution in [3.05, 3.63) is 66.2 Å². The largest absolute Gasteiger partial charge is 0.352 e. The zero-order chi connectivity index (χ0) is 18.3. The van der Waals surface area contributed by atoms with Gasteiger partial charge in [-0.15, -0.1) is 0 Å². The predicted octanol–water partition coefficient (Wildman–Crippen LogP) is 2.49. The fraction of sp³-hybridized carbons (Fsp3) is 0.316. The van der Waals surface area contributed by atoms with Crippen molar-refractivity contribution in [1.82, 2.24) is 10.0 Å². The summed E-state index contributed by atoms with van der Waals surface area (Å²) in [6, 6.07) is 17.2. The highest BCUT2D eigenvalue weighted by Gasteiger charge is 2.22. The van der Waals surface area contributed by atoms with E-state index in [9.17, 15) is 13.2 Å². The van der Waals surface area contributed by atoms with Crippen LogP contribution in [-0.2, 0) is 21.2 Å². The molecule has 0 aliphatic rings. The fourth-order valence-corrected chi connectivity index (χ4v) is 3.65. The molecule has 0 saturated carbocycles. The maximum Gasteiger partial charge on any atom is 0.241 e. The molecule has 2 rings (SSSR count). The van der Waals surface area contributed by atoms with E-state index in [1.807, 2.05) is 37.3 Å². The summed E-state index contributed by atoms with van der Waals surface area (Å²) in [4.78, 5) is 12.4. The van der Waals surface area contributed by atoms with Crippen molar-refractivity contribution in [2.75, 3.05) is 0 Å². The number of amides is 1. The Bertz CT molecular complexity index is 777. The highest BCUT2D eigenvalue weighted by atomic mass is 32.2. The SMILES string of the molecule is C[C@H](CCc1ccccc1)NC(=O)[C@H](C)NS(=O)(=O)c1ccccc1. The summed E-state index contributed by atoms with van der Waals surface area (Å²) in [5.41, 5.74) is 1.21. The minimum atomic E-state index is -3.71. The van der Waals surface area contributed by atoms with E-state index < -0.39 is 16.1 Å². The number of sulfonamides is 1. The van der Waals surface area contributed by atoms with Crippen molar-refractivity contribution in [1.29, 1.82) is 0 Å². The lowest BCUT2D eigenvalue weighted by atomic mass is 10.1. The van der Waals surface area contributed by atoms with E-state index in [-0.39, 0.29) is 16.8 Å². The van der Waals surface area contributed by atoms with Crippen molar-refractivity contribution in [2.45, 2.75) is 43.7 Å². The third-order valence-electron chi connectivity index (χ3n) is 3.88. The van der Waals surface area contributed by atoms with Crippen LogP contribution in [0, 0.1) is 0 Å². The Labute approximate surface area is 149 Å². The van der Waals surface area contributed by atoms with Gasteiger partial charge in [0, 0.05) is 6.04 Å². The van der Waals surface area contributed by atoms with Gasteiger partial charge < -0.3 is 5.32 Å². The molecule has 25 heavy (non-hydrogen) atoms. The van der Waals surface area contributed by atoms with Gasteiger partial charge in [-0.3, -0.25) is 4.79 Å². The molecular formula is C19H24N2O3S. The highest BCUT2D eigenvalue weighted by Crippen LogP contribution is 2.08. The van der Waals surface area contributed by atoms with Gasteiger partial charge in [-0.2, -0.15) is 4.72 Å². The van der Waals surface area contributed by atoms with Crippen molar-refractivity contribution in [3.63, 3.8) is 0 Å². The van der Waals surface area contributed by atoms with E-state index in [0.29, 0.717) is 0 Å². The van der Waals surface area contributed by atoms with Crippen LogP contribution in [0.3, 0.4) is 0 Å². The van der Waals surface area contributed by atoms with E-state index in [1.165, 1.54) is 17.7 Å². The molecule has 0 radical (unpaired) electrons. The zero-order valence-electron chi connectivity index (χ0n) is 14.5. The zero-order valence-corrected chi connectivity index (χ0v) is 15.3. The minimum absolute atomic E-state index is 0.0450. The van der Waals surface area contributed by atoms with Gasteiger partial charge in [0.1, 0.15) is 0 Å². The van der Waals surface area contributed by atoms with E-state index >= 15 is 0 Å². The smallest absolute Gasteiger partial charge is 0.241 e. The fourth-order valence-electron chi connectivity index (χ4n) is 2.42. The summed E-state index contributed by atoms with van der Waals surface area (Å²) in [6.45, 7) is 3.46. The monoisotopic (exact) mass is 360 g/mol. The molecule has 5 nitrogen and oxygen atoms in total. The highest BCUT2D eigenvalue weighted by molar-refractivity contribution is 7.89. The van der Waals surface area contributed by atoms with E-state index in [2.05, 4.69) is 10.0 Å². The molecule has 0 aliphatic heterocycles. The summed E-state index contributed by atoms with van der Waals surface area (Å²) >= 11 is 0. The second-order valence-electron chi connectivity index (χ2n) is 6.09. The molecule has 2 atom stereocenters. The molecule has 0 heterocycles. The molecule has 0 saturated heterocycles. The van der Waals surface area contributed by atoms with E-state index in [1.54, 1.807) is 25.1 Å². The topological polar surface area (TPSA) is 75.3 Å². The summed E-state index contributed by atoms with van der Waals surface area (Å²) < 4.78 is 26.9. The van der Waals surface area contributed by atoms with Gasteiger partial charge in [0.2, 0.25) is 15.9 Å². The number of rotatable bonds is 8. The standard InChI is InChI=1S/C19H24N2O3S/c1-15(13-14-17-9-5-3-6-10-17)20-19(22)16(2)21-25(23,24)18-11-7-4-8-12-18/h3-12,15-16,21H,13-14H2,1-2H3,(H,20,22)/t15-,16+/m1/s1. The molecule has 0 spiro atoms. The lowest BCUT2D eigenvalue weighted by Gasteiger charge is -2.18. The molecular weight excluding hydrogens is 336 g/mol. The van der Waals surface area contributed by atoms with Crippen LogP contribution >= 0.6 is 0 Å². The molecule has 0 aromatic heterocycles. The quantitative estimate of drug-likeness (QED) is 0.759. The average molecular weight is 360 g/mol. The molecule has 2 aromatic carbocycles. The van der Waals surface area contributed by atoms with Crippen LogP contribution < -0.4 is 10.0 Å². The van der Waals surface area contributed by atoms with Crippen LogP contribution in [0.2, 0.25) is 0 Å². The van der Waals surface area contributed by atoms with Gasteiger partial charge >= 0.3 is 0 Å². The van der Waals surface area contributed by atoms with Gasteiger partial charge in [0.05, 0.1) is 10.9 Å². The predicted molar refractivity (Wildman–Crippen MR) is 98.6 cm³/mol. The molecule has 0 fully saturated rings. The van der Waals surface area contributed by atoms with Crippen molar-refractivity contribution >= 4 is 15.9 Å². The van der Waals surface area contributed by atoms with Crippen LogP contribution in [0.1, 0.15) is 25.8 Å². The van der Waals surface area contributed by atoms with Crippen LogP contribution in [0.15, 0.2) is 65.6 Å². The first-order chi connectivity index (χ1) is 11.9. The van der Waals surface area contributed by atoms with Crippen LogP contribution in [-0.4, -0.2) is 26.4 Å². The number of hydrogen-bond donors (Lipinski definition) is 2. The number of aryl methyl sites for hydroxylation is 1. The summed E-state index contributed by atoms with van der Waals surface area (Å²) in [5.74, 6) is -0.333. The van der Waals surface area contributed by atoms with Crippen LogP contribution in [0.5, 0.6) is 0 Å². The Morgan fingerprint density at radius 2 is 1.52 bits per heavy atom. The average Bonchev–Trinajstić information content (AvgIpc) is 2.61. The number of carbonyl (C=O) groups excluding carboxylic acids is 1. The number of hydrogen-bond acceptors (Lipinski definition) is 3. The Hall–Kier alpha value is -2.18. The third kappa shape index (κ3) is 5.99. The molecule has 0 aliphatic carbocycles. The Morgan fingerprint density at radius 3 is 2.12 bits per heavy atom. The lowest BCUT2D eigenvalue weighted by Crippen LogP contribution is -2.47. The van der Waals surface area contributed by atoms with E-state index in [0.717, 1.165) is 12.8 Å². The number of carbonyl (C=O) groups is 1. The third-order valence-corrected chi connectivity index (χ3v) is 5.43. The first-order valence-corrected chi connectivity index (χ1v) is 9.78. The molecule has 2 aromatic rings. The first kappa shape index (κ1) is 19.1. The van der Waals surface area contributed by atoms with E-state index in [4.69, 9.17) is 0 Å². The van der Waals surface area contributed by atoms with Gasteiger partial charge in [0.25, 0.3) is 0 Å². The summed E-state index contributed by atoms with van der Waals surface area (Å²) in [5, 5.41) is 2.86. The van der Waals surface area contributed by atoms with Gasteiger partial charge in [-0.1, -0.05) is 48.5 Å². The van der Waals surface area contributed by atoms with Gasteiger partial charge in [0.15, 0.2) is 0 Å². The number of benzene rings is 2. The molecule has 0 bridgehead atoms. The molecule has 2 N–H and O–H groups in total. The van der Waals surface area contributed by atoms with Crippen molar-refractivity contribution in [3.8, 4) is 0 Å². The Morgan fingerprint density at radius 1 is 0.960 bits per heavy atom. The molecule has 1 amide bonds. The Balaban J connectivity index is 1.85. The number of nitrogens with one attached hydrogen (secondary N) is 2. The van der Waals surface area contributed by atoms with Crippen LogP contribution in [0.4, 0.5) is 0 Å². The minimum Gasteiger partial charge on any atom is -0.352 e. The maximum absolute atomic E-state index is 12.3. The summed E-state index contributed by atoms with van der Waals surface area (Å²) in [7, 11) is -3.71. The molecule has 134 valence electrons. The normalized spacial score (nSPS) is 13.8. The van der Waals surface area contributed by atoms with Gasteiger partial charge in [-0.05, 0) is 44.4 Å². The van der Waals surface area contributed by atoms with Crippen molar-refractivity contribution < 1.29 is 13.2 Å². The van der Waals surface area contributed by atoms with Crippen LogP contribution in [0.25, 0.3) is 0 Å². The van der Waals surface area contributed by atoms with Gasteiger partial charge in [-0.25, -0.2) is 8.42 Å². The van der Waals surface area contributed by atoms with Crippen molar-refractivity contribution in [2.24, 2.45) is 0 Å². The Kier molecular flexibility index (Phi) is 6.73. The maximum atomic E-state index is 12.3. The second-order valence-corrected chi connectivity index (χ2v) is 7.80. The first-order valence-electron chi connectivity index (χ1n) is 8.30. The molecule has 0 unspecified atom stereocenters.